The Morgan fingerprint density at radius 1 is 1.18 bits per heavy atom. The molecule has 0 heterocycles. The highest BCUT2D eigenvalue weighted by atomic mass is 32.2. The Morgan fingerprint density at radius 2 is 1.75 bits per heavy atom. The van der Waals surface area contributed by atoms with Crippen LogP contribution in [0.25, 0.3) is 0 Å². The van der Waals surface area contributed by atoms with Crippen LogP contribution in [0.2, 0.25) is 0 Å². The molecule has 1 fully saturated rings. The lowest BCUT2D eigenvalue weighted by molar-refractivity contribution is -0.137. The topological polar surface area (TPSA) is 63.2 Å². The second-order valence-corrected chi connectivity index (χ2v) is 10.7. The molecule has 0 bridgehead atoms. The third kappa shape index (κ3) is 5.24. The molecule has 1 aromatic rings. The van der Waals surface area contributed by atoms with Gasteiger partial charge in [-0.25, -0.2) is 12.8 Å². The van der Waals surface area contributed by atoms with Crippen molar-refractivity contribution in [3.05, 3.63) is 29.8 Å². The number of nitrogens with one attached hydrogen (secondary N) is 1. The van der Waals surface area contributed by atoms with Gasteiger partial charge in [0.1, 0.15) is 0 Å². The van der Waals surface area contributed by atoms with Crippen LogP contribution in [0.4, 0.5) is 17.6 Å². The Labute approximate surface area is 162 Å². The number of hydrogen-bond donors (Lipinski definition) is 1. The van der Waals surface area contributed by atoms with Gasteiger partial charge in [-0.1, -0.05) is 26.8 Å². The SMILES string of the molecule is CC(C)(C)CC(=O)N[C@H]1CC[C@](F)(S(=O)(=O)c2cccc(C(F)(F)F)c2)CC1. The van der Waals surface area contributed by atoms with Crippen LogP contribution >= 0.6 is 0 Å². The summed E-state index contributed by atoms with van der Waals surface area (Å²) in [7, 11) is -4.60. The fraction of sp³-hybridized carbons (Fsp3) is 0.632. The maximum Gasteiger partial charge on any atom is 0.416 e. The van der Waals surface area contributed by atoms with Crippen LogP contribution in [0, 0.1) is 5.41 Å². The Hall–Kier alpha value is -1.64. The first-order valence-corrected chi connectivity index (χ1v) is 10.5. The molecule has 1 N–H and O–H groups in total. The van der Waals surface area contributed by atoms with Crippen molar-refractivity contribution in [3.63, 3.8) is 0 Å². The molecule has 9 heteroatoms. The van der Waals surface area contributed by atoms with E-state index in [0.717, 1.165) is 18.2 Å². The number of hydrogen-bond acceptors (Lipinski definition) is 3. The molecular formula is C19H25F4NO3S. The normalized spacial score (nSPS) is 24.0. The second kappa shape index (κ2) is 7.65. The van der Waals surface area contributed by atoms with Crippen LogP contribution in [0.3, 0.4) is 0 Å². The van der Waals surface area contributed by atoms with Crippen LogP contribution in [0.15, 0.2) is 29.2 Å². The second-order valence-electron chi connectivity index (χ2n) is 8.49. The molecule has 28 heavy (non-hydrogen) atoms. The highest BCUT2D eigenvalue weighted by Crippen LogP contribution is 2.41. The van der Waals surface area contributed by atoms with E-state index in [-0.39, 0.29) is 49.5 Å². The van der Waals surface area contributed by atoms with Gasteiger partial charge in [0.2, 0.25) is 20.7 Å². The minimum atomic E-state index is -4.72. The monoisotopic (exact) mass is 423 g/mol. The molecule has 2 rings (SSSR count). The van der Waals surface area contributed by atoms with Crippen molar-refractivity contribution in [1.82, 2.24) is 5.32 Å². The van der Waals surface area contributed by atoms with Gasteiger partial charge in [-0.05, 0) is 49.3 Å². The van der Waals surface area contributed by atoms with Crippen molar-refractivity contribution in [2.75, 3.05) is 0 Å². The number of halogens is 4. The Morgan fingerprint density at radius 3 is 2.25 bits per heavy atom. The summed E-state index contributed by atoms with van der Waals surface area (Å²) in [6, 6.07) is 2.79. The van der Waals surface area contributed by atoms with Gasteiger partial charge in [0, 0.05) is 12.5 Å². The van der Waals surface area contributed by atoms with E-state index in [1.807, 2.05) is 20.8 Å². The molecule has 1 aromatic carbocycles. The average Bonchev–Trinajstić information content (AvgIpc) is 2.54. The minimum absolute atomic E-state index is 0.102. The predicted octanol–water partition coefficient (Wildman–Crippen LogP) is 4.64. The smallest absolute Gasteiger partial charge is 0.353 e. The van der Waals surface area contributed by atoms with Crippen molar-refractivity contribution >= 4 is 15.7 Å². The lowest BCUT2D eigenvalue weighted by atomic mass is 9.90. The van der Waals surface area contributed by atoms with Crippen LogP contribution < -0.4 is 5.32 Å². The molecule has 0 aliphatic heterocycles. The van der Waals surface area contributed by atoms with E-state index in [4.69, 9.17) is 0 Å². The summed E-state index contributed by atoms with van der Waals surface area (Å²) in [5.74, 6) is -0.190. The molecule has 0 spiro atoms. The molecule has 0 aromatic heterocycles. The summed E-state index contributed by atoms with van der Waals surface area (Å²) in [5.41, 5.74) is -1.35. The molecule has 1 aliphatic rings. The van der Waals surface area contributed by atoms with Gasteiger partial charge in [0.25, 0.3) is 0 Å². The number of alkyl halides is 4. The molecule has 1 aliphatic carbocycles. The summed E-state index contributed by atoms with van der Waals surface area (Å²) < 4.78 is 79.2. The van der Waals surface area contributed by atoms with Crippen molar-refractivity contribution < 1.29 is 30.8 Å². The van der Waals surface area contributed by atoms with Gasteiger partial charge in [0.15, 0.2) is 0 Å². The van der Waals surface area contributed by atoms with Crippen LogP contribution in [0.5, 0.6) is 0 Å². The average molecular weight is 423 g/mol. The first-order valence-electron chi connectivity index (χ1n) is 9.04. The molecule has 1 saturated carbocycles. The zero-order valence-corrected chi connectivity index (χ0v) is 16.9. The largest absolute Gasteiger partial charge is 0.416 e. The number of carbonyl (C=O) groups is 1. The third-order valence-corrected chi connectivity index (χ3v) is 6.99. The molecule has 0 saturated heterocycles. The highest BCUT2D eigenvalue weighted by Gasteiger charge is 2.48. The van der Waals surface area contributed by atoms with E-state index in [9.17, 15) is 26.4 Å². The molecule has 158 valence electrons. The fourth-order valence-corrected chi connectivity index (χ4v) is 5.01. The van der Waals surface area contributed by atoms with Crippen molar-refractivity contribution in [2.24, 2.45) is 5.41 Å². The van der Waals surface area contributed by atoms with Crippen molar-refractivity contribution in [1.29, 1.82) is 0 Å². The van der Waals surface area contributed by atoms with E-state index in [1.165, 1.54) is 0 Å². The van der Waals surface area contributed by atoms with Gasteiger partial charge < -0.3 is 5.32 Å². The fourth-order valence-electron chi connectivity index (χ4n) is 3.27. The number of sulfone groups is 1. The quantitative estimate of drug-likeness (QED) is 0.718. The summed E-state index contributed by atoms with van der Waals surface area (Å²) in [4.78, 5) is 11.3. The van der Waals surface area contributed by atoms with Gasteiger partial charge >= 0.3 is 6.18 Å². The van der Waals surface area contributed by atoms with Crippen LogP contribution in [-0.2, 0) is 20.8 Å². The summed E-state index contributed by atoms with van der Waals surface area (Å²) in [6.45, 7) is 5.71. The predicted molar refractivity (Wildman–Crippen MR) is 96.9 cm³/mol. The first kappa shape index (κ1) is 22.6. The standard InChI is InChI=1S/C19H25F4NO3S/c1-17(2,3)12-16(25)24-14-7-9-18(20,10-8-14)28(26,27)15-6-4-5-13(11-15)19(21,22)23/h4-6,11,14H,7-10,12H2,1-3H3,(H,24,25)/t14-,18-. The zero-order chi connectivity index (χ0) is 21.4. The van der Waals surface area contributed by atoms with Gasteiger partial charge in [-0.2, -0.15) is 13.2 Å². The first-order chi connectivity index (χ1) is 12.6. The van der Waals surface area contributed by atoms with E-state index >= 15 is 4.39 Å². The van der Waals surface area contributed by atoms with E-state index in [0.29, 0.717) is 6.07 Å². The van der Waals surface area contributed by atoms with E-state index < -0.39 is 31.5 Å². The van der Waals surface area contributed by atoms with E-state index in [1.54, 1.807) is 0 Å². The van der Waals surface area contributed by atoms with Crippen molar-refractivity contribution in [3.8, 4) is 0 Å². The summed E-state index contributed by atoms with van der Waals surface area (Å²) in [5, 5.41) is 0.134. The lowest BCUT2D eigenvalue weighted by Gasteiger charge is -2.34. The molecule has 1 amide bonds. The Bertz CT molecular complexity index is 820. The highest BCUT2D eigenvalue weighted by molar-refractivity contribution is 7.92. The van der Waals surface area contributed by atoms with Crippen molar-refractivity contribution in [2.45, 2.75) is 75.0 Å². The maximum absolute atomic E-state index is 15.3. The number of benzene rings is 1. The number of carbonyl (C=O) groups excluding carboxylic acids is 1. The maximum atomic E-state index is 15.3. The summed E-state index contributed by atoms with van der Waals surface area (Å²) >= 11 is 0. The molecule has 0 radical (unpaired) electrons. The van der Waals surface area contributed by atoms with Crippen LogP contribution in [0.1, 0.15) is 58.4 Å². The zero-order valence-electron chi connectivity index (χ0n) is 16.1. The molecule has 0 unspecified atom stereocenters. The molecule has 0 atom stereocenters. The summed E-state index contributed by atoms with van der Waals surface area (Å²) in [6.07, 6.45) is -5.00. The third-order valence-electron chi connectivity index (χ3n) is 4.74. The molecular weight excluding hydrogens is 398 g/mol. The number of rotatable bonds is 4. The van der Waals surface area contributed by atoms with Crippen LogP contribution in [-0.4, -0.2) is 25.4 Å². The Balaban J connectivity index is 2.11. The van der Waals surface area contributed by atoms with Gasteiger partial charge in [-0.3, -0.25) is 4.79 Å². The minimum Gasteiger partial charge on any atom is -0.353 e. The van der Waals surface area contributed by atoms with E-state index in [2.05, 4.69) is 5.32 Å². The van der Waals surface area contributed by atoms with Gasteiger partial charge in [0.05, 0.1) is 10.5 Å². The molecule has 4 nitrogen and oxygen atoms in total. The number of amides is 1. The lowest BCUT2D eigenvalue weighted by Crippen LogP contribution is -2.45. The van der Waals surface area contributed by atoms with Gasteiger partial charge in [-0.15, -0.1) is 0 Å². The Kier molecular flexibility index (Phi) is 6.19.